The Morgan fingerprint density at radius 2 is 2.22 bits per heavy atom. The van der Waals surface area contributed by atoms with Crippen molar-refractivity contribution in [3.63, 3.8) is 0 Å². The lowest BCUT2D eigenvalue weighted by Gasteiger charge is -2.44. The average molecular weight is 390 g/mol. The summed E-state index contributed by atoms with van der Waals surface area (Å²) in [6, 6.07) is 2.08. The van der Waals surface area contributed by atoms with Gasteiger partial charge in [-0.25, -0.2) is 4.98 Å². The number of likely N-dealkylation sites (tertiary alicyclic amines) is 1. The number of aromatic nitrogens is 3. The molecule has 0 atom stereocenters. The van der Waals surface area contributed by atoms with Gasteiger partial charge in [-0.05, 0) is 37.4 Å². The number of carbonyl (C=O) groups excluding carboxylic acids is 1. The second-order valence-corrected chi connectivity index (χ2v) is 8.43. The van der Waals surface area contributed by atoms with E-state index in [-0.39, 0.29) is 11.5 Å². The first kappa shape index (κ1) is 18.6. The zero-order chi connectivity index (χ0) is 18.7. The predicted molar refractivity (Wildman–Crippen MR) is 104 cm³/mol. The zero-order valence-corrected chi connectivity index (χ0v) is 16.6. The van der Waals surface area contributed by atoms with Gasteiger partial charge in [0.15, 0.2) is 0 Å². The molecule has 0 radical (unpaired) electrons. The lowest BCUT2D eigenvalue weighted by Crippen LogP contribution is -2.46. The molecule has 0 bridgehead atoms. The smallest absolute Gasteiger partial charge is 0.261 e. The quantitative estimate of drug-likeness (QED) is 0.819. The van der Waals surface area contributed by atoms with Gasteiger partial charge in [-0.2, -0.15) is 5.10 Å². The van der Waals surface area contributed by atoms with E-state index in [1.807, 2.05) is 0 Å². The van der Waals surface area contributed by atoms with Crippen LogP contribution in [0.15, 0.2) is 18.7 Å². The maximum absolute atomic E-state index is 12.6. The summed E-state index contributed by atoms with van der Waals surface area (Å²) >= 11 is 1.63. The van der Waals surface area contributed by atoms with Crippen LogP contribution < -0.4 is 5.32 Å². The fourth-order valence-corrected chi connectivity index (χ4v) is 5.26. The van der Waals surface area contributed by atoms with Crippen molar-refractivity contribution >= 4 is 17.2 Å². The van der Waals surface area contributed by atoms with Crippen molar-refractivity contribution in [1.29, 1.82) is 0 Å². The van der Waals surface area contributed by atoms with Gasteiger partial charge in [0, 0.05) is 30.9 Å². The molecular formula is C19H27N5O2S. The van der Waals surface area contributed by atoms with E-state index in [2.05, 4.69) is 33.3 Å². The van der Waals surface area contributed by atoms with Crippen LogP contribution in [0.25, 0.3) is 0 Å². The van der Waals surface area contributed by atoms with Crippen molar-refractivity contribution < 1.29 is 9.53 Å². The van der Waals surface area contributed by atoms with Gasteiger partial charge in [-0.3, -0.25) is 9.48 Å². The zero-order valence-electron chi connectivity index (χ0n) is 15.8. The molecule has 1 amide bonds. The molecule has 0 unspecified atom stereocenters. The molecule has 1 fully saturated rings. The van der Waals surface area contributed by atoms with Crippen LogP contribution in [-0.2, 0) is 23.3 Å². The van der Waals surface area contributed by atoms with Gasteiger partial charge in [0.25, 0.3) is 5.91 Å². The Bertz CT molecular complexity index is 765. The number of amides is 1. The normalized spacial score (nSPS) is 19.1. The molecular weight excluding hydrogens is 362 g/mol. The van der Waals surface area contributed by atoms with Crippen LogP contribution in [0.5, 0.6) is 0 Å². The first-order chi connectivity index (χ1) is 13.2. The van der Waals surface area contributed by atoms with E-state index >= 15 is 0 Å². The Kier molecular flexibility index (Phi) is 5.56. The second-order valence-electron chi connectivity index (χ2n) is 7.30. The molecule has 0 aromatic carbocycles. The van der Waals surface area contributed by atoms with E-state index in [9.17, 15) is 4.79 Å². The van der Waals surface area contributed by atoms with Crippen molar-refractivity contribution in [2.45, 2.75) is 44.8 Å². The first-order valence-corrected chi connectivity index (χ1v) is 10.6. The number of piperidine rings is 1. The minimum atomic E-state index is -0.187. The Morgan fingerprint density at radius 3 is 2.96 bits per heavy atom. The molecule has 4 heterocycles. The van der Waals surface area contributed by atoms with E-state index in [1.54, 1.807) is 22.3 Å². The number of hydrogen-bond donors (Lipinski definition) is 1. The van der Waals surface area contributed by atoms with Gasteiger partial charge in [0.1, 0.15) is 12.7 Å². The fraction of sp³-hybridized carbons (Fsp3) is 0.632. The molecule has 2 aromatic heterocycles. The highest BCUT2D eigenvalue weighted by molar-refractivity contribution is 7.14. The van der Waals surface area contributed by atoms with Gasteiger partial charge in [-0.1, -0.05) is 6.92 Å². The third kappa shape index (κ3) is 3.93. The molecule has 2 aromatic rings. The van der Waals surface area contributed by atoms with Crippen molar-refractivity contribution in [2.75, 3.05) is 32.8 Å². The molecule has 27 heavy (non-hydrogen) atoms. The van der Waals surface area contributed by atoms with Crippen molar-refractivity contribution in [3.8, 4) is 0 Å². The highest BCUT2D eigenvalue weighted by Crippen LogP contribution is 2.44. The average Bonchev–Trinajstić information content (AvgIpc) is 3.34. The molecule has 0 saturated carbocycles. The van der Waals surface area contributed by atoms with Crippen LogP contribution >= 0.6 is 11.3 Å². The Morgan fingerprint density at radius 1 is 1.37 bits per heavy atom. The van der Waals surface area contributed by atoms with Gasteiger partial charge in [-0.15, -0.1) is 11.3 Å². The van der Waals surface area contributed by atoms with Crippen LogP contribution in [0.1, 0.15) is 46.3 Å². The molecule has 1 saturated heterocycles. The first-order valence-electron chi connectivity index (χ1n) is 9.80. The highest BCUT2D eigenvalue weighted by Gasteiger charge is 2.42. The number of fused-ring (bicyclic) bond motifs is 2. The van der Waals surface area contributed by atoms with Crippen LogP contribution in [0.4, 0.5) is 0 Å². The maximum Gasteiger partial charge on any atom is 0.261 e. The lowest BCUT2D eigenvalue weighted by atomic mass is 9.82. The highest BCUT2D eigenvalue weighted by atomic mass is 32.1. The van der Waals surface area contributed by atoms with Crippen LogP contribution in [-0.4, -0.2) is 58.4 Å². The van der Waals surface area contributed by atoms with E-state index in [0.29, 0.717) is 13.1 Å². The third-order valence-corrected chi connectivity index (χ3v) is 6.72. The molecule has 2 aliphatic heterocycles. The van der Waals surface area contributed by atoms with Crippen LogP contribution in [0, 0.1) is 0 Å². The SMILES string of the molecule is CCCN1CCC2(CC1)OCCc1sc(C(=O)NCCn3cncn3)cc12. The molecule has 1 spiro atoms. The second kappa shape index (κ2) is 8.08. The van der Waals surface area contributed by atoms with E-state index < -0.39 is 0 Å². The number of nitrogens with zero attached hydrogens (tertiary/aromatic N) is 4. The van der Waals surface area contributed by atoms with Gasteiger partial charge < -0.3 is 15.0 Å². The molecule has 7 nitrogen and oxygen atoms in total. The minimum Gasteiger partial charge on any atom is -0.370 e. The lowest BCUT2D eigenvalue weighted by molar-refractivity contribution is -0.0969. The summed E-state index contributed by atoms with van der Waals surface area (Å²) in [4.78, 5) is 21.2. The van der Waals surface area contributed by atoms with Crippen LogP contribution in [0.2, 0.25) is 0 Å². The number of nitrogens with one attached hydrogen (secondary N) is 1. The summed E-state index contributed by atoms with van der Waals surface area (Å²) in [6.07, 6.45) is 7.29. The third-order valence-electron chi connectivity index (χ3n) is 5.53. The molecule has 2 aliphatic rings. The van der Waals surface area contributed by atoms with E-state index in [0.717, 1.165) is 50.4 Å². The van der Waals surface area contributed by atoms with E-state index in [4.69, 9.17) is 4.74 Å². The summed E-state index contributed by atoms with van der Waals surface area (Å²) in [5, 5.41) is 7.05. The predicted octanol–water partition coefficient (Wildman–Crippen LogP) is 2.04. The largest absolute Gasteiger partial charge is 0.370 e. The van der Waals surface area contributed by atoms with Crippen molar-refractivity contribution in [2.24, 2.45) is 0 Å². The van der Waals surface area contributed by atoms with Gasteiger partial charge in [0.2, 0.25) is 0 Å². The number of ether oxygens (including phenoxy) is 1. The standard InChI is InChI=1S/C19H27N5O2S/c1-2-7-23-8-4-19(5-9-23)15-12-17(27-16(15)3-11-26-19)18(25)21-6-10-24-14-20-13-22-24/h12-14H,2-11H2,1H3,(H,21,25). The fourth-order valence-electron chi connectivity index (χ4n) is 4.12. The van der Waals surface area contributed by atoms with Crippen molar-refractivity contribution in [3.05, 3.63) is 34.0 Å². The molecule has 146 valence electrons. The van der Waals surface area contributed by atoms with Crippen LogP contribution in [0.3, 0.4) is 0 Å². The Hall–Kier alpha value is -1.77. The van der Waals surface area contributed by atoms with Crippen molar-refractivity contribution in [1.82, 2.24) is 25.0 Å². The van der Waals surface area contributed by atoms with Gasteiger partial charge >= 0.3 is 0 Å². The number of carbonyl (C=O) groups is 1. The summed E-state index contributed by atoms with van der Waals surface area (Å²) in [7, 11) is 0. The molecule has 0 aliphatic carbocycles. The van der Waals surface area contributed by atoms with Gasteiger partial charge in [0.05, 0.1) is 23.6 Å². The Balaban J connectivity index is 1.42. The monoisotopic (exact) mass is 389 g/mol. The molecule has 8 heteroatoms. The maximum atomic E-state index is 12.6. The Labute approximate surface area is 163 Å². The number of rotatable bonds is 6. The number of hydrogen-bond acceptors (Lipinski definition) is 6. The summed E-state index contributed by atoms with van der Waals surface area (Å²) in [6.45, 7) is 7.45. The summed E-state index contributed by atoms with van der Waals surface area (Å²) in [5.41, 5.74) is 1.07. The molecule has 4 rings (SSSR count). The number of thiophene rings is 1. The molecule has 1 N–H and O–H groups in total. The van der Waals surface area contributed by atoms with E-state index in [1.165, 1.54) is 23.2 Å². The summed E-state index contributed by atoms with van der Waals surface area (Å²) < 4.78 is 8.03. The summed E-state index contributed by atoms with van der Waals surface area (Å²) in [5.74, 6) is -0.00640. The topological polar surface area (TPSA) is 72.3 Å². The minimum absolute atomic E-state index is 0.00640.